The molecule has 0 bridgehead atoms. The van der Waals surface area contributed by atoms with Crippen LogP contribution in [0.5, 0.6) is 0 Å². The number of halogens is 1. The Morgan fingerprint density at radius 2 is 1.46 bits per heavy atom. The average Bonchev–Trinajstić information content (AvgIpc) is 2.65. The molecule has 26 heavy (non-hydrogen) atoms. The Hall–Kier alpha value is -2.69. The summed E-state index contributed by atoms with van der Waals surface area (Å²) in [6.07, 6.45) is 0.265. The summed E-state index contributed by atoms with van der Waals surface area (Å²) in [6.45, 7) is 5.32. The third-order valence-electron chi connectivity index (χ3n) is 4.28. The van der Waals surface area contributed by atoms with Gasteiger partial charge in [0, 0.05) is 39.5 Å². The minimum Gasteiger partial charge on any atom is -0.339 e. The third-order valence-corrected chi connectivity index (χ3v) is 4.28. The largest absolute Gasteiger partial charge is 0.339 e. The van der Waals surface area contributed by atoms with Crippen LogP contribution < -0.4 is 0 Å². The van der Waals surface area contributed by atoms with Crippen molar-refractivity contribution in [2.75, 3.05) is 13.1 Å². The highest BCUT2D eigenvalue weighted by molar-refractivity contribution is 5.78. The van der Waals surface area contributed by atoms with Crippen molar-refractivity contribution in [1.29, 1.82) is 0 Å². The van der Waals surface area contributed by atoms with Gasteiger partial charge in [0.2, 0.25) is 11.8 Å². The van der Waals surface area contributed by atoms with Crippen LogP contribution in [0.4, 0.5) is 4.39 Å². The van der Waals surface area contributed by atoms with Gasteiger partial charge in [0.15, 0.2) is 0 Å². The van der Waals surface area contributed by atoms with Crippen molar-refractivity contribution in [3.05, 3.63) is 71.5 Å². The summed E-state index contributed by atoms with van der Waals surface area (Å²) in [5, 5.41) is 0. The molecular weight excluding hydrogens is 331 g/mol. The van der Waals surface area contributed by atoms with E-state index in [0.29, 0.717) is 26.2 Å². The molecule has 138 valence electrons. The highest BCUT2D eigenvalue weighted by atomic mass is 19.1. The van der Waals surface area contributed by atoms with Crippen LogP contribution in [0.3, 0.4) is 0 Å². The third kappa shape index (κ3) is 5.99. The minimum atomic E-state index is -0.308. The Kier molecular flexibility index (Phi) is 7.33. The van der Waals surface area contributed by atoms with Gasteiger partial charge in [-0.2, -0.15) is 0 Å². The van der Waals surface area contributed by atoms with Gasteiger partial charge in [-0.25, -0.2) is 4.39 Å². The molecule has 2 aromatic rings. The van der Waals surface area contributed by atoms with E-state index in [4.69, 9.17) is 0 Å². The van der Waals surface area contributed by atoms with Crippen LogP contribution >= 0.6 is 0 Å². The van der Waals surface area contributed by atoms with Crippen molar-refractivity contribution < 1.29 is 14.0 Å². The van der Waals surface area contributed by atoms with E-state index in [1.807, 2.05) is 37.3 Å². The van der Waals surface area contributed by atoms with Crippen LogP contribution in [0.25, 0.3) is 0 Å². The van der Waals surface area contributed by atoms with Crippen molar-refractivity contribution in [3.8, 4) is 0 Å². The van der Waals surface area contributed by atoms with Crippen LogP contribution in [0.15, 0.2) is 54.6 Å². The van der Waals surface area contributed by atoms with Crippen molar-refractivity contribution in [2.24, 2.45) is 0 Å². The summed E-state index contributed by atoms with van der Waals surface area (Å²) in [5.74, 6) is -0.396. The molecular formula is C21H25FN2O2. The summed E-state index contributed by atoms with van der Waals surface area (Å²) in [4.78, 5) is 27.8. The first-order chi connectivity index (χ1) is 12.5. The highest BCUT2D eigenvalue weighted by Gasteiger charge is 2.16. The van der Waals surface area contributed by atoms with Gasteiger partial charge in [-0.05, 0) is 30.2 Å². The molecule has 0 aliphatic carbocycles. The monoisotopic (exact) mass is 356 g/mol. The van der Waals surface area contributed by atoms with Crippen molar-refractivity contribution in [1.82, 2.24) is 9.80 Å². The van der Waals surface area contributed by atoms with Crippen molar-refractivity contribution in [3.63, 3.8) is 0 Å². The molecule has 2 aromatic carbocycles. The molecule has 0 fully saturated rings. The Balaban J connectivity index is 1.92. The van der Waals surface area contributed by atoms with Gasteiger partial charge in [0.05, 0.1) is 0 Å². The Bertz CT molecular complexity index is 717. The van der Waals surface area contributed by atoms with E-state index in [1.165, 1.54) is 19.1 Å². The zero-order valence-electron chi connectivity index (χ0n) is 15.3. The molecule has 0 unspecified atom stereocenters. The Labute approximate surface area is 154 Å². The summed E-state index contributed by atoms with van der Waals surface area (Å²) in [7, 11) is 0. The molecule has 5 heteroatoms. The molecule has 0 atom stereocenters. The minimum absolute atomic E-state index is 0.0155. The first-order valence-electron chi connectivity index (χ1n) is 8.81. The number of nitrogens with zero attached hydrogens (tertiary/aromatic N) is 2. The number of carbonyl (C=O) groups excluding carboxylic acids is 2. The first-order valence-corrected chi connectivity index (χ1v) is 8.81. The van der Waals surface area contributed by atoms with E-state index in [9.17, 15) is 14.0 Å². The Morgan fingerprint density at radius 1 is 0.885 bits per heavy atom. The second kappa shape index (κ2) is 9.70. The van der Waals surface area contributed by atoms with Crippen LogP contribution in [0, 0.1) is 5.82 Å². The maximum Gasteiger partial charge on any atom is 0.224 e. The van der Waals surface area contributed by atoms with E-state index >= 15 is 0 Å². The van der Waals surface area contributed by atoms with Crippen LogP contribution in [0.2, 0.25) is 0 Å². The topological polar surface area (TPSA) is 40.6 Å². The highest BCUT2D eigenvalue weighted by Crippen LogP contribution is 2.10. The lowest BCUT2D eigenvalue weighted by molar-refractivity contribution is -0.134. The molecule has 0 aliphatic rings. The quantitative estimate of drug-likeness (QED) is 0.725. The molecule has 0 heterocycles. The fourth-order valence-electron chi connectivity index (χ4n) is 2.73. The van der Waals surface area contributed by atoms with Crippen LogP contribution in [-0.4, -0.2) is 34.7 Å². The molecule has 0 radical (unpaired) electrons. The van der Waals surface area contributed by atoms with E-state index in [2.05, 4.69) is 0 Å². The van der Waals surface area contributed by atoms with E-state index in [0.717, 1.165) is 11.1 Å². The van der Waals surface area contributed by atoms with E-state index in [-0.39, 0.29) is 24.1 Å². The van der Waals surface area contributed by atoms with Gasteiger partial charge < -0.3 is 9.80 Å². The van der Waals surface area contributed by atoms with Crippen LogP contribution in [0.1, 0.15) is 31.4 Å². The standard InChI is InChI=1S/C21H25FN2O2/c1-3-23(15-18-7-5-4-6-8-18)21(26)13-14-24(17(2)25)16-19-9-11-20(22)12-10-19/h4-12H,3,13-16H2,1-2H3. The van der Waals surface area contributed by atoms with Crippen molar-refractivity contribution in [2.45, 2.75) is 33.4 Å². The molecule has 0 aromatic heterocycles. The molecule has 0 spiro atoms. The number of hydrogen-bond donors (Lipinski definition) is 0. The van der Waals surface area contributed by atoms with Gasteiger partial charge in [-0.3, -0.25) is 9.59 Å². The van der Waals surface area contributed by atoms with Gasteiger partial charge in [0.1, 0.15) is 5.82 Å². The molecule has 4 nitrogen and oxygen atoms in total. The lowest BCUT2D eigenvalue weighted by atomic mass is 10.2. The molecule has 0 saturated carbocycles. The number of benzene rings is 2. The second-order valence-electron chi connectivity index (χ2n) is 6.21. The van der Waals surface area contributed by atoms with E-state index in [1.54, 1.807) is 21.9 Å². The Morgan fingerprint density at radius 3 is 2.04 bits per heavy atom. The zero-order valence-corrected chi connectivity index (χ0v) is 15.3. The van der Waals surface area contributed by atoms with Gasteiger partial charge in [0.25, 0.3) is 0 Å². The number of amides is 2. The lowest BCUT2D eigenvalue weighted by Gasteiger charge is -2.25. The zero-order chi connectivity index (χ0) is 18.9. The molecule has 2 amide bonds. The first kappa shape index (κ1) is 19.6. The average molecular weight is 356 g/mol. The van der Waals surface area contributed by atoms with Gasteiger partial charge in [-0.15, -0.1) is 0 Å². The number of hydrogen-bond acceptors (Lipinski definition) is 2. The maximum atomic E-state index is 13.0. The summed E-state index contributed by atoms with van der Waals surface area (Å²) < 4.78 is 13.0. The maximum absolute atomic E-state index is 13.0. The molecule has 0 saturated heterocycles. The lowest BCUT2D eigenvalue weighted by Crippen LogP contribution is -2.35. The van der Waals surface area contributed by atoms with Crippen LogP contribution in [-0.2, 0) is 22.7 Å². The second-order valence-corrected chi connectivity index (χ2v) is 6.21. The molecule has 2 rings (SSSR count). The smallest absolute Gasteiger partial charge is 0.224 e. The number of carbonyl (C=O) groups is 2. The number of rotatable bonds is 8. The van der Waals surface area contributed by atoms with Gasteiger partial charge in [-0.1, -0.05) is 42.5 Å². The fourth-order valence-corrected chi connectivity index (χ4v) is 2.73. The van der Waals surface area contributed by atoms with Gasteiger partial charge >= 0.3 is 0 Å². The normalized spacial score (nSPS) is 10.4. The molecule has 0 N–H and O–H groups in total. The van der Waals surface area contributed by atoms with E-state index < -0.39 is 0 Å². The summed E-state index contributed by atoms with van der Waals surface area (Å²) in [6, 6.07) is 15.9. The predicted octanol–water partition coefficient (Wildman–Crippen LogP) is 3.61. The predicted molar refractivity (Wildman–Crippen MR) is 99.6 cm³/mol. The summed E-state index contributed by atoms with van der Waals surface area (Å²) in [5.41, 5.74) is 1.92. The SMILES string of the molecule is CCN(Cc1ccccc1)C(=O)CCN(Cc1ccc(F)cc1)C(C)=O. The fraction of sp³-hybridized carbons (Fsp3) is 0.333. The van der Waals surface area contributed by atoms with Crippen molar-refractivity contribution >= 4 is 11.8 Å². The summed E-state index contributed by atoms with van der Waals surface area (Å²) >= 11 is 0. The molecule has 0 aliphatic heterocycles.